The van der Waals surface area contributed by atoms with Crippen LogP contribution in [0.4, 0.5) is 0 Å². The molecule has 0 aliphatic carbocycles. The van der Waals surface area contributed by atoms with Gasteiger partial charge >= 0.3 is 0 Å². The van der Waals surface area contributed by atoms with Crippen molar-refractivity contribution in [1.29, 1.82) is 0 Å². The molecule has 34 heavy (non-hydrogen) atoms. The van der Waals surface area contributed by atoms with Crippen LogP contribution in [0, 0.1) is 0 Å². The zero-order chi connectivity index (χ0) is 24.7. The van der Waals surface area contributed by atoms with E-state index in [4.69, 9.17) is 32.9 Å². The zero-order valence-corrected chi connectivity index (χ0v) is 22.2. The van der Waals surface area contributed by atoms with Crippen molar-refractivity contribution in [3.63, 3.8) is 0 Å². The van der Waals surface area contributed by atoms with E-state index in [0.29, 0.717) is 16.7 Å². The van der Waals surface area contributed by atoms with Gasteiger partial charge in [0.1, 0.15) is 17.1 Å². The van der Waals surface area contributed by atoms with Gasteiger partial charge in [-0.1, -0.05) is 74.3 Å². The third-order valence-electron chi connectivity index (χ3n) is 6.91. The Bertz CT molecular complexity index is 1210. The molecule has 0 unspecified atom stereocenters. The number of hydrogen-bond donors (Lipinski definition) is 1. The summed E-state index contributed by atoms with van der Waals surface area (Å²) < 4.78 is 6.11. The standard InChI is InChI=1S/C29H32Cl2N2O/c1-7-34-25-18-21(27(2,3)4)12-17-24(25)26-32-28(5,19-8-13-22(30)14-9-19)29(6,33-26)20-10-15-23(31)16-11-20/h8-18H,7H2,1-6H3,(H,32,33)/t28-,29+. The molecule has 0 amide bonds. The number of aliphatic imine (C=N–C) groups is 1. The number of amidine groups is 1. The molecule has 1 aliphatic rings. The molecular formula is C29H32Cl2N2O. The summed E-state index contributed by atoms with van der Waals surface area (Å²) in [4.78, 5) is 5.33. The summed E-state index contributed by atoms with van der Waals surface area (Å²) in [7, 11) is 0. The Kier molecular flexibility index (Phi) is 6.48. The molecule has 3 aromatic rings. The van der Waals surface area contributed by atoms with Crippen LogP contribution in [-0.4, -0.2) is 12.4 Å². The molecular weight excluding hydrogens is 463 g/mol. The number of halogens is 2. The van der Waals surface area contributed by atoms with Crippen molar-refractivity contribution in [3.05, 3.63) is 99.0 Å². The van der Waals surface area contributed by atoms with Gasteiger partial charge in [0.2, 0.25) is 0 Å². The van der Waals surface area contributed by atoms with Crippen molar-refractivity contribution in [2.24, 2.45) is 4.99 Å². The Hall–Kier alpha value is -2.49. The highest BCUT2D eigenvalue weighted by Gasteiger charge is 2.52. The predicted molar refractivity (Wildman–Crippen MR) is 144 cm³/mol. The fourth-order valence-electron chi connectivity index (χ4n) is 4.57. The Labute approximate surface area is 213 Å². The number of benzene rings is 3. The molecule has 5 heteroatoms. The Balaban J connectivity index is 1.90. The molecule has 1 heterocycles. The van der Waals surface area contributed by atoms with Gasteiger partial charge in [0.05, 0.1) is 17.7 Å². The third-order valence-corrected chi connectivity index (χ3v) is 7.41. The van der Waals surface area contributed by atoms with Crippen LogP contribution in [0.25, 0.3) is 0 Å². The van der Waals surface area contributed by atoms with Gasteiger partial charge in [0, 0.05) is 10.0 Å². The maximum Gasteiger partial charge on any atom is 0.133 e. The van der Waals surface area contributed by atoms with Gasteiger partial charge < -0.3 is 10.1 Å². The molecule has 0 radical (unpaired) electrons. The molecule has 3 aromatic carbocycles. The van der Waals surface area contributed by atoms with Crippen LogP contribution in [-0.2, 0) is 16.5 Å². The molecule has 0 fully saturated rings. The van der Waals surface area contributed by atoms with Crippen LogP contribution in [0.5, 0.6) is 5.75 Å². The fraction of sp³-hybridized carbons (Fsp3) is 0.345. The average Bonchev–Trinajstić information content (AvgIpc) is 3.06. The van der Waals surface area contributed by atoms with E-state index in [2.05, 4.69) is 82.4 Å². The zero-order valence-electron chi connectivity index (χ0n) is 20.7. The number of ether oxygens (including phenoxy) is 1. The summed E-state index contributed by atoms with van der Waals surface area (Å²) in [6.45, 7) is 13.6. The van der Waals surface area contributed by atoms with E-state index < -0.39 is 11.1 Å². The highest BCUT2D eigenvalue weighted by atomic mass is 35.5. The molecule has 1 aliphatic heterocycles. The Morgan fingerprint density at radius 2 is 1.41 bits per heavy atom. The molecule has 3 nitrogen and oxygen atoms in total. The van der Waals surface area contributed by atoms with Crippen molar-refractivity contribution in [3.8, 4) is 5.75 Å². The summed E-state index contributed by atoms with van der Waals surface area (Å²) in [6, 6.07) is 22.3. The van der Waals surface area contributed by atoms with E-state index >= 15 is 0 Å². The van der Waals surface area contributed by atoms with Gasteiger partial charge in [-0.2, -0.15) is 0 Å². The molecule has 0 saturated heterocycles. The van der Waals surface area contributed by atoms with Crippen molar-refractivity contribution in [2.45, 2.75) is 58.0 Å². The molecule has 1 N–H and O–H groups in total. The maximum absolute atomic E-state index is 6.22. The molecule has 0 bridgehead atoms. The summed E-state index contributed by atoms with van der Waals surface area (Å²) in [5, 5.41) is 5.18. The van der Waals surface area contributed by atoms with Gasteiger partial charge in [-0.25, -0.2) is 0 Å². The average molecular weight is 495 g/mol. The first-order chi connectivity index (χ1) is 16.0. The van der Waals surface area contributed by atoms with E-state index in [-0.39, 0.29) is 5.41 Å². The van der Waals surface area contributed by atoms with Crippen LogP contribution < -0.4 is 10.1 Å². The summed E-state index contributed by atoms with van der Waals surface area (Å²) in [6.07, 6.45) is 0. The highest BCUT2D eigenvalue weighted by Crippen LogP contribution is 2.48. The third kappa shape index (κ3) is 4.32. The van der Waals surface area contributed by atoms with E-state index in [1.165, 1.54) is 5.56 Å². The van der Waals surface area contributed by atoms with Gasteiger partial charge in [0.25, 0.3) is 0 Å². The Morgan fingerprint density at radius 3 is 1.94 bits per heavy atom. The lowest BCUT2D eigenvalue weighted by Crippen LogP contribution is -2.50. The smallest absolute Gasteiger partial charge is 0.133 e. The second-order valence-electron chi connectivity index (χ2n) is 10.2. The van der Waals surface area contributed by atoms with E-state index in [1.807, 2.05) is 31.2 Å². The van der Waals surface area contributed by atoms with Gasteiger partial charge in [0.15, 0.2) is 0 Å². The van der Waals surface area contributed by atoms with E-state index in [0.717, 1.165) is 28.3 Å². The van der Waals surface area contributed by atoms with Crippen LogP contribution in [0.15, 0.2) is 71.7 Å². The first-order valence-corrected chi connectivity index (χ1v) is 12.4. The first kappa shape index (κ1) is 24.6. The van der Waals surface area contributed by atoms with Gasteiger partial charge in [-0.15, -0.1) is 0 Å². The quantitative estimate of drug-likeness (QED) is 0.391. The number of hydrogen-bond acceptors (Lipinski definition) is 3. The number of nitrogens with one attached hydrogen (secondary N) is 1. The topological polar surface area (TPSA) is 33.6 Å². The van der Waals surface area contributed by atoms with Crippen LogP contribution >= 0.6 is 23.2 Å². The molecule has 0 aromatic heterocycles. The van der Waals surface area contributed by atoms with E-state index in [9.17, 15) is 0 Å². The predicted octanol–water partition coefficient (Wildman–Crippen LogP) is 7.87. The lowest BCUT2D eigenvalue weighted by Gasteiger charge is -2.40. The summed E-state index contributed by atoms with van der Waals surface area (Å²) >= 11 is 12.4. The van der Waals surface area contributed by atoms with Gasteiger partial charge in [-0.3, -0.25) is 4.99 Å². The van der Waals surface area contributed by atoms with Crippen molar-refractivity contribution >= 4 is 29.0 Å². The highest BCUT2D eigenvalue weighted by molar-refractivity contribution is 6.30. The number of rotatable bonds is 5. The molecule has 2 atom stereocenters. The minimum absolute atomic E-state index is 0.0188. The summed E-state index contributed by atoms with van der Waals surface area (Å²) in [5.74, 6) is 1.64. The molecule has 4 rings (SSSR count). The lowest BCUT2D eigenvalue weighted by molar-refractivity contribution is 0.268. The van der Waals surface area contributed by atoms with Crippen LogP contribution in [0.3, 0.4) is 0 Å². The molecule has 178 valence electrons. The minimum Gasteiger partial charge on any atom is -0.493 e. The lowest BCUT2D eigenvalue weighted by atomic mass is 9.72. The summed E-state index contributed by atoms with van der Waals surface area (Å²) in [5.41, 5.74) is 3.22. The fourth-order valence-corrected chi connectivity index (χ4v) is 4.82. The minimum atomic E-state index is -0.604. The maximum atomic E-state index is 6.22. The van der Waals surface area contributed by atoms with Crippen molar-refractivity contribution in [1.82, 2.24) is 5.32 Å². The monoisotopic (exact) mass is 494 g/mol. The normalized spacial score (nSPS) is 22.3. The second kappa shape index (κ2) is 8.94. The SMILES string of the molecule is CCOc1cc(C(C)(C)C)ccc1C1=N[C@](C)(c2ccc(Cl)cc2)[C@](C)(c2ccc(Cl)cc2)N1. The van der Waals surface area contributed by atoms with E-state index in [1.54, 1.807) is 0 Å². The molecule has 0 saturated carbocycles. The van der Waals surface area contributed by atoms with Crippen LogP contribution in [0.1, 0.15) is 63.8 Å². The van der Waals surface area contributed by atoms with Crippen molar-refractivity contribution in [2.75, 3.05) is 6.61 Å². The number of nitrogens with zero attached hydrogens (tertiary/aromatic N) is 1. The first-order valence-electron chi connectivity index (χ1n) is 11.7. The van der Waals surface area contributed by atoms with Crippen LogP contribution in [0.2, 0.25) is 10.0 Å². The molecule has 0 spiro atoms. The van der Waals surface area contributed by atoms with Crippen molar-refractivity contribution < 1.29 is 4.74 Å². The second-order valence-corrected chi connectivity index (χ2v) is 11.1. The largest absolute Gasteiger partial charge is 0.493 e. The van der Waals surface area contributed by atoms with Gasteiger partial charge in [-0.05, 0) is 79.3 Å². The Morgan fingerprint density at radius 1 is 0.853 bits per heavy atom.